The lowest BCUT2D eigenvalue weighted by Gasteiger charge is -2.12. The molecule has 0 fully saturated rings. The van der Waals surface area contributed by atoms with Crippen LogP contribution in [0, 0.1) is 0 Å². The Kier molecular flexibility index (Phi) is 6.76. The predicted molar refractivity (Wildman–Crippen MR) is 78.7 cm³/mol. The fourth-order valence-electron chi connectivity index (χ4n) is 1.73. The van der Waals surface area contributed by atoms with E-state index in [1.165, 1.54) is 12.1 Å². The Morgan fingerprint density at radius 3 is 2.76 bits per heavy atom. The van der Waals surface area contributed by atoms with Gasteiger partial charge in [0.2, 0.25) is 15.9 Å². The quantitative estimate of drug-likeness (QED) is 0.568. The molecule has 0 saturated heterocycles. The molecular weight excluding hydrogens is 294 g/mol. The van der Waals surface area contributed by atoms with Crippen molar-refractivity contribution >= 4 is 15.9 Å². The second-order valence-electron chi connectivity index (χ2n) is 4.65. The average molecular weight is 315 g/mol. The maximum absolute atomic E-state index is 11.8. The second-order valence-corrected chi connectivity index (χ2v) is 6.21. The number of nitrogens with one attached hydrogen (secondary N) is 1. The lowest BCUT2D eigenvalue weighted by Crippen LogP contribution is -2.40. The second kappa shape index (κ2) is 8.08. The van der Waals surface area contributed by atoms with E-state index in [9.17, 15) is 13.2 Å². The SMILES string of the molecule is COCCCC(N)C(=O)NCc1cccc(S(N)(=O)=O)c1. The predicted octanol–water partition coefficient (Wildman–Crippen LogP) is -0.296. The molecule has 0 spiro atoms. The molecule has 8 heteroatoms. The number of ether oxygens (including phenoxy) is 1. The van der Waals surface area contributed by atoms with Crippen molar-refractivity contribution in [2.45, 2.75) is 30.3 Å². The molecule has 1 amide bonds. The number of hydrogen-bond acceptors (Lipinski definition) is 5. The molecule has 1 aromatic rings. The van der Waals surface area contributed by atoms with E-state index >= 15 is 0 Å². The van der Waals surface area contributed by atoms with Crippen LogP contribution in [0.15, 0.2) is 29.2 Å². The van der Waals surface area contributed by atoms with Crippen LogP contribution in [0.4, 0.5) is 0 Å². The van der Waals surface area contributed by atoms with Gasteiger partial charge in [0.15, 0.2) is 0 Å². The summed E-state index contributed by atoms with van der Waals surface area (Å²) < 4.78 is 27.4. The minimum Gasteiger partial charge on any atom is -0.385 e. The maximum Gasteiger partial charge on any atom is 0.238 e. The Balaban J connectivity index is 2.53. The zero-order chi connectivity index (χ0) is 15.9. The first-order chi connectivity index (χ1) is 9.84. The van der Waals surface area contributed by atoms with Gasteiger partial charge in [-0.1, -0.05) is 12.1 Å². The van der Waals surface area contributed by atoms with Gasteiger partial charge >= 0.3 is 0 Å². The normalized spacial score (nSPS) is 12.9. The van der Waals surface area contributed by atoms with Crippen LogP contribution in [0.5, 0.6) is 0 Å². The Morgan fingerprint density at radius 1 is 1.43 bits per heavy atom. The molecule has 0 radical (unpaired) electrons. The van der Waals surface area contributed by atoms with Gasteiger partial charge in [0.1, 0.15) is 0 Å². The summed E-state index contributed by atoms with van der Waals surface area (Å²) >= 11 is 0. The Hall–Kier alpha value is -1.48. The minimum absolute atomic E-state index is 0.0126. The van der Waals surface area contributed by atoms with Crippen LogP contribution in [0.25, 0.3) is 0 Å². The first-order valence-corrected chi connectivity index (χ1v) is 8.03. The number of carbonyl (C=O) groups excluding carboxylic acids is 1. The highest BCUT2D eigenvalue weighted by Gasteiger charge is 2.13. The van der Waals surface area contributed by atoms with Gasteiger partial charge in [-0.15, -0.1) is 0 Å². The number of methoxy groups -OCH3 is 1. The third-order valence-corrected chi connectivity index (χ3v) is 3.81. The van der Waals surface area contributed by atoms with Crippen LogP contribution in [0.1, 0.15) is 18.4 Å². The monoisotopic (exact) mass is 315 g/mol. The smallest absolute Gasteiger partial charge is 0.238 e. The van der Waals surface area contributed by atoms with Gasteiger partial charge < -0.3 is 15.8 Å². The van der Waals surface area contributed by atoms with E-state index < -0.39 is 16.1 Å². The fraction of sp³-hybridized carbons (Fsp3) is 0.462. The van der Waals surface area contributed by atoms with Crippen LogP contribution in [0.2, 0.25) is 0 Å². The average Bonchev–Trinajstić information content (AvgIpc) is 2.44. The van der Waals surface area contributed by atoms with E-state index in [4.69, 9.17) is 15.6 Å². The highest BCUT2D eigenvalue weighted by atomic mass is 32.2. The van der Waals surface area contributed by atoms with Crippen molar-refractivity contribution in [3.8, 4) is 0 Å². The summed E-state index contributed by atoms with van der Waals surface area (Å²) in [4.78, 5) is 11.8. The molecule has 1 atom stereocenters. The number of nitrogens with two attached hydrogens (primary N) is 2. The summed E-state index contributed by atoms with van der Waals surface area (Å²) in [6, 6.07) is 5.48. The molecule has 0 aromatic heterocycles. The maximum atomic E-state index is 11.8. The Labute approximate surface area is 124 Å². The van der Waals surface area contributed by atoms with Crippen molar-refractivity contribution in [1.82, 2.24) is 5.32 Å². The Morgan fingerprint density at radius 2 is 2.14 bits per heavy atom. The van der Waals surface area contributed by atoms with Gasteiger partial charge in [0.25, 0.3) is 0 Å². The van der Waals surface area contributed by atoms with Crippen LogP contribution < -0.4 is 16.2 Å². The fourth-order valence-corrected chi connectivity index (χ4v) is 2.32. The summed E-state index contributed by atoms with van der Waals surface area (Å²) in [6.07, 6.45) is 1.23. The molecule has 21 heavy (non-hydrogen) atoms. The van der Waals surface area contributed by atoms with Crippen LogP contribution in [-0.2, 0) is 26.1 Å². The number of benzene rings is 1. The largest absolute Gasteiger partial charge is 0.385 e. The minimum atomic E-state index is -3.75. The summed E-state index contributed by atoms with van der Waals surface area (Å²) in [5.74, 6) is -0.285. The van der Waals surface area contributed by atoms with Gasteiger partial charge in [-0.3, -0.25) is 4.79 Å². The number of hydrogen-bond donors (Lipinski definition) is 3. The topological polar surface area (TPSA) is 125 Å². The Bertz CT molecular complexity index is 575. The van der Waals surface area contributed by atoms with E-state index in [1.54, 1.807) is 19.2 Å². The van der Waals surface area contributed by atoms with Crippen molar-refractivity contribution < 1.29 is 17.9 Å². The number of primary sulfonamides is 1. The third kappa shape index (κ3) is 6.21. The lowest BCUT2D eigenvalue weighted by atomic mass is 10.1. The molecule has 0 aliphatic rings. The number of rotatable bonds is 8. The molecule has 0 bridgehead atoms. The van der Waals surface area contributed by atoms with Gasteiger partial charge in [0, 0.05) is 20.3 Å². The molecule has 5 N–H and O–H groups in total. The molecule has 7 nitrogen and oxygen atoms in total. The molecule has 0 heterocycles. The number of sulfonamides is 1. The summed E-state index contributed by atoms with van der Waals surface area (Å²) in [6.45, 7) is 0.748. The van der Waals surface area contributed by atoms with E-state index in [2.05, 4.69) is 5.32 Å². The van der Waals surface area contributed by atoms with Gasteiger partial charge in [-0.05, 0) is 30.5 Å². The van der Waals surface area contributed by atoms with Crippen molar-refractivity contribution in [1.29, 1.82) is 0 Å². The van der Waals surface area contributed by atoms with E-state index in [0.29, 0.717) is 25.0 Å². The third-order valence-electron chi connectivity index (χ3n) is 2.89. The van der Waals surface area contributed by atoms with Crippen LogP contribution in [-0.4, -0.2) is 34.1 Å². The summed E-state index contributed by atoms with van der Waals surface area (Å²) in [7, 11) is -2.16. The van der Waals surface area contributed by atoms with E-state index in [0.717, 1.165) is 0 Å². The van der Waals surface area contributed by atoms with Crippen molar-refractivity contribution in [2.24, 2.45) is 10.9 Å². The van der Waals surface area contributed by atoms with E-state index in [-0.39, 0.29) is 17.3 Å². The molecule has 1 rings (SSSR count). The zero-order valence-electron chi connectivity index (χ0n) is 11.9. The molecule has 1 unspecified atom stereocenters. The van der Waals surface area contributed by atoms with Gasteiger partial charge in [0.05, 0.1) is 10.9 Å². The van der Waals surface area contributed by atoms with Gasteiger partial charge in [-0.25, -0.2) is 13.6 Å². The molecule has 0 saturated carbocycles. The molecular formula is C13H21N3O4S. The summed E-state index contributed by atoms with van der Waals surface area (Å²) in [5, 5.41) is 7.71. The number of amides is 1. The van der Waals surface area contributed by atoms with Crippen molar-refractivity contribution in [3.63, 3.8) is 0 Å². The van der Waals surface area contributed by atoms with Crippen LogP contribution >= 0.6 is 0 Å². The first-order valence-electron chi connectivity index (χ1n) is 6.48. The number of carbonyl (C=O) groups is 1. The first kappa shape index (κ1) is 17.6. The lowest BCUT2D eigenvalue weighted by molar-refractivity contribution is -0.122. The van der Waals surface area contributed by atoms with E-state index in [1.807, 2.05) is 0 Å². The molecule has 1 aromatic carbocycles. The molecule has 0 aliphatic carbocycles. The zero-order valence-corrected chi connectivity index (χ0v) is 12.7. The standard InChI is InChI=1S/C13H21N3O4S/c1-20-7-3-6-12(14)13(17)16-9-10-4-2-5-11(8-10)21(15,18)19/h2,4-5,8,12H,3,6-7,9,14H2,1H3,(H,16,17)(H2,15,18,19). The van der Waals surface area contributed by atoms with Crippen molar-refractivity contribution in [2.75, 3.05) is 13.7 Å². The van der Waals surface area contributed by atoms with Gasteiger partial charge in [-0.2, -0.15) is 0 Å². The van der Waals surface area contributed by atoms with Crippen molar-refractivity contribution in [3.05, 3.63) is 29.8 Å². The van der Waals surface area contributed by atoms with Crippen LogP contribution in [0.3, 0.4) is 0 Å². The highest BCUT2D eigenvalue weighted by Crippen LogP contribution is 2.09. The highest BCUT2D eigenvalue weighted by molar-refractivity contribution is 7.89. The summed E-state index contributed by atoms with van der Waals surface area (Å²) in [5.41, 5.74) is 6.38. The molecule has 118 valence electrons. The molecule has 0 aliphatic heterocycles.